The average Bonchev–Trinajstić information content (AvgIpc) is 2.28. The van der Waals surface area contributed by atoms with E-state index < -0.39 is 16.2 Å². The molecule has 0 aromatic heterocycles. The number of anilines is 1. The third kappa shape index (κ3) is 4.78. The van der Waals surface area contributed by atoms with E-state index in [2.05, 4.69) is 27.3 Å². The van der Waals surface area contributed by atoms with Crippen LogP contribution in [0.4, 0.5) is 5.69 Å². The first kappa shape index (κ1) is 15.2. The molecule has 0 aliphatic carbocycles. The molecule has 0 aliphatic rings. The first-order chi connectivity index (χ1) is 8.31. The minimum atomic E-state index is -3.70. The van der Waals surface area contributed by atoms with Crippen LogP contribution < -0.4 is 4.72 Å². The summed E-state index contributed by atoms with van der Waals surface area (Å²) in [6.45, 7) is -0.0744. The summed E-state index contributed by atoms with van der Waals surface area (Å²) in [6.07, 6.45) is -0.232. The number of hydrogen-bond donors (Lipinski definition) is 2. The molecule has 0 radical (unpaired) electrons. The van der Waals surface area contributed by atoms with Crippen molar-refractivity contribution < 1.29 is 18.3 Å². The molecule has 2 N–H and O–H groups in total. The number of hydrogen-bond acceptors (Lipinski definition) is 3. The molecule has 8 heteroatoms. The number of carboxylic acid groups (broad SMARTS) is 1. The van der Waals surface area contributed by atoms with E-state index >= 15 is 0 Å². The van der Waals surface area contributed by atoms with Gasteiger partial charge >= 0.3 is 16.2 Å². The van der Waals surface area contributed by atoms with E-state index in [1.165, 1.54) is 7.05 Å². The maximum atomic E-state index is 11.8. The Hall–Kier alpha value is -0.870. The number of aliphatic carboxylic acids is 1. The summed E-state index contributed by atoms with van der Waals surface area (Å²) in [5.41, 5.74) is 0.442. The maximum absolute atomic E-state index is 11.8. The Balaban J connectivity index is 2.69. The van der Waals surface area contributed by atoms with Crippen LogP contribution in [0.3, 0.4) is 0 Å². The second kappa shape index (κ2) is 6.34. The standard InChI is InChI=1S/C10H13IN2O4S/c1-13(7-6-10(14)15)18(16,17)12-9-4-2-8(11)3-5-9/h2-5,12H,6-7H2,1H3,(H,14,15). The van der Waals surface area contributed by atoms with E-state index in [4.69, 9.17) is 5.11 Å². The molecule has 0 atom stereocenters. The lowest BCUT2D eigenvalue weighted by Gasteiger charge is -2.17. The van der Waals surface area contributed by atoms with Crippen molar-refractivity contribution in [2.24, 2.45) is 0 Å². The summed E-state index contributed by atoms with van der Waals surface area (Å²) in [6, 6.07) is 6.83. The van der Waals surface area contributed by atoms with Crippen molar-refractivity contribution in [1.29, 1.82) is 0 Å². The van der Waals surface area contributed by atoms with Gasteiger partial charge in [0.25, 0.3) is 0 Å². The molecule has 0 spiro atoms. The van der Waals surface area contributed by atoms with E-state index in [1.807, 2.05) is 0 Å². The fourth-order valence-electron chi connectivity index (χ4n) is 1.12. The van der Waals surface area contributed by atoms with Gasteiger partial charge in [-0.25, -0.2) is 0 Å². The third-order valence-electron chi connectivity index (χ3n) is 2.14. The van der Waals surface area contributed by atoms with Crippen LogP contribution in [0.1, 0.15) is 6.42 Å². The van der Waals surface area contributed by atoms with E-state index in [0.717, 1.165) is 7.88 Å². The second-order valence-corrected chi connectivity index (χ2v) is 6.60. The van der Waals surface area contributed by atoms with Crippen molar-refractivity contribution in [2.45, 2.75) is 6.42 Å². The van der Waals surface area contributed by atoms with Crippen LogP contribution in [-0.4, -0.2) is 37.4 Å². The van der Waals surface area contributed by atoms with Crippen LogP contribution in [0, 0.1) is 3.57 Å². The Bertz CT molecular complexity index is 515. The minimum Gasteiger partial charge on any atom is -0.481 e. The molecule has 0 heterocycles. The number of carbonyl (C=O) groups is 1. The first-order valence-corrected chi connectivity index (χ1v) is 7.54. The minimum absolute atomic E-state index is 0.0744. The molecule has 1 rings (SSSR count). The molecule has 1 aromatic carbocycles. The van der Waals surface area contributed by atoms with Crippen LogP contribution in [0.5, 0.6) is 0 Å². The van der Waals surface area contributed by atoms with Gasteiger partial charge in [-0.05, 0) is 46.9 Å². The Morgan fingerprint density at radius 1 is 1.39 bits per heavy atom. The Morgan fingerprint density at radius 3 is 2.44 bits per heavy atom. The van der Waals surface area contributed by atoms with Gasteiger partial charge in [0, 0.05) is 22.8 Å². The molecule has 0 aliphatic heterocycles. The number of halogens is 1. The zero-order valence-corrected chi connectivity index (χ0v) is 12.6. The normalized spacial score (nSPS) is 11.5. The lowest BCUT2D eigenvalue weighted by molar-refractivity contribution is -0.137. The zero-order chi connectivity index (χ0) is 13.8. The largest absolute Gasteiger partial charge is 0.481 e. The number of nitrogens with one attached hydrogen (secondary N) is 1. The van der Waals surface area contributed by atoms with Gasteiger partial charge in [0.1, 0.15) is 0 Å². The molecule has 6 nitrogen and oxygen atoms in total. The summed E-state index contributed by atoms with van der Waals surface area (Å²) in [5.74, 6) is -1.04. The molecule has 0 bridgehead atoms. The quantitative estimate of drug-likeness (QED) is 0.726. The van der Waals surface area contributed by atoms with Gasteiger partial charge in [0.2, 0.25) is 0 Å². The summed E-state index contributed by atoms with van der Waals surface area (Å²) < 4.78 is 28.0. The molecule has 18 heavy (non-hydrogen) atoms. The van der Waals surface area contributed by atoms with Gasteiger partial charge in [0.05, 0.1) is 6.42 Å². The Kier molecular flexibility index (Phi) is 5.35. The predicted molar refractivity (Wildman–Crippen MR) is 76.6 cm³/mol. The lowest BCUT2D eigenvalue weighted by atomic mass is 10.3. The van der Waals surface area contributed by atoms with E-state index in [0.29, 0.717) is 5.69 Å². The van der Waals surface area contributed by atoms with Crippen molar-refractivity contribution >= 4 is 44.5 Å². The highest BCUT2D eigenvalue weighted by Gasteiger charge is 2.18. The maximum Gasteiger partial charge on any atom is 0.304 e. The van der Waals surface area contributed by atoms with Crippen LogP contribution in [0.15, 0.2) is 24.3 Å². The average molecular weight is 384 g/mol. The highest BCUT2D eigenvalue weighted by molar-refractivity contribution is 14.1. The van der Waals surface area contributed by atoms with Crippen molar-refractivity contribution in [1.82, 2.24) is 4.31 Å². The SMILES string of the molecule is CN(CCC(=O)O)S(=O)(=O)Nc1ccc(I)cc1. The van der Waals surface area contributed by atoms with Crippen molar-refractivity contribution in [3.63, 3.8) is 0 Å². The van der Waals surface area contributed by atoms with Gasteiger partial charge in [0.15, 0.2) is 0 Å². The molecule has 0 amide bonds. The zero-order valence-electron chi connectivity index (χ0n) is 9.63. The molecule has 0 fully saturated rings. The van der Waals surface area contributed by atoms with Gasteiger partial charge < -0.3 is 5.11 Å². The third-order valence-corrected chi connectivity index (χ3v) is 4.36. The number of carboxylic acids is 1. The van der Waals surface area contributed by atoms with E-state index in [-0.39, 0.29) is 13.0 Å². The first-order valence-electron chi connectivity index (χ1n) is 5.03. The van der Waals surface area contributed by atoms with Crippen LogP contribution >= 0.6 is 22.6 Å². The van der Waals surface area contributed by atoms with Crippen molar-refractivity contribution in [2.75, 3.05) is 18.3 Å². The monoisotopic (exact) mass is 384 g/mol. The molecule has 0 saturated heterocycles. The van der Waals surface area contributed by atoms with Crippen molar-refractivity contribution in [3.05, 3.63) is 27.8 Å². The van der Waals surface area contributed by atoms with Crippen molar-refractivity contribution in [3.8, 4) is 0 Å². The smallest absolute Gasteiger partial charge is 0.304 e. The molecule has 0 saturated carbocycles. The predicted octanol–water partition coefficient (Wildman–Crippen LogP) is 1.35. The van der Waals surface area contributed by atoms with Gasteiger partial charge in [-0.15, -0.1) is 0 Å². The fourth-order valence-corrected chi connectivity index (χ4v) is 2.40. The van der Waals surface area contributed by atoms with Gasteiger partial charge in [-0.2, -0.15) is 12.7 Å². The molecule has 0 unspecified atom stereocenters. The van der Waals surface area contributed by atoms with E-state index in [9.17, 15) is 13.2 Å². The molecular weight excluding hydrogens is 371 g/mol. The second-order valence-electron chi connectivity index (χ2n) is 3.58. The summed E-state index contributed by atoms with van der Waals surface area (Å²) >= 11 is 2.11. The Labute approximate surface area is 119 Å². The number of nitrogens with zero attached hydrogens (tertiary/aromatic N) is 1. The number of benzene rings is 1. The summed E-state index contributed by atoms with van der Waals surface area (Å²) in [4.78, 5) is 10.4. The van der Waals surface area contributed by atoms with Crippen LogP contribution in [0.25, 0.3) is 0 Å². The summed E-state index contributed by atoms with van der Waals surface area (Å²) in [7, 11) is -2.37. The van der Waals surface area contributed by atoms with Gasteiger partial charge in [-0.1, -0.05) is 0 Å². The van der Waals surface area contributed by atoms with Crippen LogP contribution in [0.2, 0.25) is 0 Å². The topological polar surface area (TPSA) is 86.7 Å². The fraction of sp³-hybridized carbons (Fsp3) is 0.300. The highest BCUT2D eigenvalue weighted by atomic mass is 127. The summed E-state index contributed by atoms with van der Waals surface area (Å²) in [5, 5.41) is 8.51. The Morgan fingerprint density at radius 2 is 1.94 bits per heavy atom. The van der Waals surface area contributed by atoms with E-state index in [1.54, 1.807) is 24.3 Å². The highest BCUT2D eigenvalue weighted by Crippen LogP contribution is 2.13. The number of rotatable bonds is 6. The molecule has 1 aromatic rings. The van der Waals surface area contributed by atoms with Crippen LogP contribution in [-0.2, 0) is 15.0 Å². The lowest BCUT2D eigenvalue weighted by Crippen LogP contribution is -2.34. The molecule has 100 valence electrons. The van der Waals surface area contributed by atoms with Gasteiger partial charge in [-0.3, -0.25) is 9.52 Å². The molecular formula is C10H13IN2O4S.